The zero-order valence-corrected chi connectivity index (χ0v) is 9.56. The van der Waals surface area contributed by atoms with E-state index in [-0.39, 0.29) is 5.91 Å². The Morgan fingerprint density at radius 1 is 1.73 bits per heavy atom. The average molecular weight is 225 g/mol. The first kappa shape index (κ1) is 10.6. The predicted octanol–water partition coefficient (Wildman–Crippen LogP) is 0.813. The van der Waals surface area contributed by atoms with Crippen LogP contribution in [0.1, 0.15) is 30.5 Å². The molecule has 1 aliphatic rings. The van der Waals surface area contributed by atoms with Gasteiger partial charge >= 0.3 is 0 Å². The first-order valence-corrected chi connectivity index (χ1v) is 6.02. The lowest BCUT2D eigenvalue weighted by Gasteiger charge is -2.08. The van der Waals surface area contributed by atoms with Crippen LogP contribution in [0, 0.1) is 0 Å². The van der Waals surface area contributed by atoms with Crippen molar-refractivity contribution in [3.8, 4) is 0 Å². The molecule has 82 valence electrons. The van der Waals surface area contributed by atoms with Crippen LogP contribution < -0.4 is 11.1 Å². The number of nitrogens with one attached hydrogen (secondary N) is 1. The minimum Gasteiger partial charge on any atom is -0.349 e. The van der Waals surface area contributed by atoms with Crippen LogP contribution in [-0.2, 0) is 17.8 Å². The molecule has 0 bridgehead atoms. The van der Waals surface area contributed by atoms with Crippen molar-refractivity contribution in [1.29, 1.82) is 0 Å². The van der Waals surface area contributed by atoms with Gasteiger partial charge in [-0.1, -0.05) is 6.92 Å². The monoisotopic (exact) mass is 225 g/mol. The number of hydrogen-bond donors (Lipinski definition) is 2. The molecule has 5 heteroatoms. The van der Waals surface area contributed by atoms with Crippen LogP contribution in [0.2, 0.25) is 0 Å². The number of thiazole rings is 1. The minimum atomic E-state index is -0.580. The number of carbonyl (C=O) groups is 1. The SMILES string of the molecule is CCc1nc(CNC(=O)C2(N)CC2)cs1. The number of nitrogens with zero attached hydrogens (tertiary/aromatic N) is 1. The van der Waals surface area contributed by atoms with E-state index >= 15 is 0 Å². The van der Waals surface area contributed by atoms with Crippen LogP contribution in [0.4, 0.5) is 0 Å². The van der Waals surface area contributed by atoms with Gasteiger partial charge in [0.15, 0.2) is 0 Å². The summed E-state index contributed by atoms with van der Waals surface area (Å²) < 4.78 is 0. The van der Waals surface area contributed by atoms with E-state index < -0.39 is 5.54 Å². The summed E-state index contributed by atoms with van der Waals surface area (Å²) in [4.78, 5) is 15.9. The lowest BCUT2D eigenvalue weighted by atomic mass is 10.3. The summed E-state index contributed by atoms with van der Waals surface area (Å²) in [6.45, 7) is 2.56. The van der Waals surface area contributed by atoms with Gasteiger partial charge in [0.1, 0.15) is 0 Å². The molecule has 1 amide bonds. The normalized spacial score (nSPS) is 17.5. The molecule has 15 heavy (non-hydrogen) atoms. The van der Waals surface area contributed by atoms with E-state index in [9.17, 15) is 4.79 Å². The highest BCUT2D eigenvalue weighted by molar-refractivity contribution is 7.09. The highest BCUT2D eigenvalue weighted by Crippen LogP contribution is 2.32. The van der Waals surface area contributed by atoms with Crippen molar-refractivity contribution in [3.63, 3.8) is 0 Å². The van der Waals surface area contributed by atoms with Gasteiger partial charge in [-0.05, 0) is 19.3 Å². The third-order valence-electron chi connectivity index (χ3n) is 2.57. The average Bonchev–Trinajstić information content (AvgIpc) is 2.83. The molecule has 0 radical (unpaired) electrons. The quantitative estimate of drug-likeness (QED) is 0.797. The van der Waals surface area contributed by atoms with E-state index in [2.05, 4.69) is 17.2 Å². The zero-order chi connectivity index (χ0) is 10.9. The molecule has 0 aromatic carbocycles. The summed E-state index contributed by atoms with van der Waals surface area (Å²) >= 11 is 1.63. The number of aryl methyl sites for hydroxylation is 1. The van der Waals surface area contributed by atoms with Gasteiger partial charge in [-0.15, -0.1) is 11.3 Å². The second-order valence-corrected chi connectivity index (χ2v) is 4.87. The summed E-state index contributed by atoms with van der Waals surface area (Å²) in [5.41, 5.74) is 6.10. The van der Waals surface area contributed by atoms with Crippen molar-refractivity contribution >= 4 is 17.2 Å². The summed E-state index contributed by atoms with van der Waals surface area (Å²) in [6.07, 6.45) is 2.55. The molecule has 4 nitrogen and oxygen atoms in total. The number of hydrogen-bond acceptors (Lipinski definition) is 4. The second-order valence-electron chi connectivity index (χ2n) is 3.92. The van der Waals surface area contributed by atoms with Gasteiger partial charge in [-0.3, -0.25) is 4.79 Å². The van der Waals surface area contributed by atoms with Gasteiger partial charge in [-0.2, -0.15) is 0 Å². The van der Waals surface area contributed by atoms with Gasteiger partial charge < -0.3 is 11.1 Å². The molecule has 0 unspecified atom stereocenters. The molecule has 1 heterocycles. The van der Waals surface area contributed by atoms with Gasteiger partial charge in [0.25, 0.3) is 0 Å². The maximum atomic E-state index is 11.5. The molecular formula is C10H15N3OS. The zero-order valence-electron chi connectivity index (χ0n) is 8.75. The van der Waals surface area contributed by atoms with Crippen molar-refractivity contribution < 1.29 is 4.79 Å². The Morgan fingerprint density at radius 2 is 2.47 bits per heavy atom. The molecule has 1 fully saturated rings. The van der Waals surface area contributed by atoms with Gasteiger partial charge in [0.05, 0.1) is 22.8 Å². The third-order valence-corrected chi connectivity index (χ3v) is 3.61. The van der Waals surface area contributed by atoms with E-state index in [1.165, 1.54) is 0 Å². The van der Waals surface area contributed by atoms with Gasteiger partial charge in [0.2, 0.25) is 5.91 Å². The lowest BCUT2D eigenvalue weighted by molar-refractivity contribution is -0.123. The van der Waals surface area contributed by atoms with Gasteiger partial charge in [0, 0.05) is 5.38 Å². The molecular weight excluding hydrogens is 210 g/mol. The van der Waals surface area contributed by atoms with Crippen LogP contribution in [0.15, 0.2) is 5.38 Å². The highest BCUT2D eigenvalue weighted by Gasteiger charge is 2.45. The smallest absolute Gasteiger partial charge is 0.240 e. The molecule has 0 aliphatic heterocycles. The molecule has 1 saturated carbocycles. The van der Waals surface area contributed by atoms with Crippen molar-refractivity contribution in [2.24, 2.45) is 5.73 Å². The second kappa shape index (κ2) is 3.90. The number of nitrogens with two attached hydrogens (primary N) is 1. The summed E-state index contributed by atoms with van der Waals surface area (Å²) in [7, 11) is 0. The Labute approximate surface area is 92.9 Å². The topological polar surface area (TPSA) is 68.0 Å². The fourth-order valence-electron chi connectivity index (χ4n) is 1.30. The molecule has 3 N–H and O–H groups in total. The predicted molar refractivity (Wildman–Crippen MR) is 59.5 cm³/mol. The van der Waals surface area contributed by atoms with Crippen molar-refractivity contribution in [2.75, 3.05) is 0 Å². The molecule has 0 saturated heterocycles. The van der Waals surface area contributed by atoms with Crippen LogP contribution in [0.5, 0.6) is 0 Å². The third kappa shape index (κ3) is 2.35. The fourth-order valence-corrected chi connectivity index (χ4v) is 2.05. The summed E-state index contributed by atoms with van der Waals surface area (Å²) in [5, 5.41) is 5.91. The molecule has 0 atom stereocenters. The Morgan fingerprint density at radius 3 is 3.00 bits per heavy atom. The number of amides is 1. The largest absolute Gasteiger partial charge is 0.349 e. The number of carbonyl (C=O) groups excluding carboxylic acids is 1. The van der Waals surface area contributed by atoms with Crippen LogP contribution in [0.3, 0.4) is 0 Å². The van der Waals surface area contributed by atoms with Crippen molar-refractivity contribution in [2.45, 2.75) is 38.3 Å². The Hall–Kier alpha value is -0.940. The minimum absolute atomic E-state index is 0.0476. The van der Waals surface area contributed by atoms with E-state index in [1.54, 1.807) is 11.3 Å². The van der Waals surface area contributed by atoms with E-state index in [0.29, 0.717) is 6.54 Å². The van der Waals surface area contributed by atoms with Crippen LogP contribution in [0.25, 0.3) is 0 Å². The number of rotatable bonds is 4. The molecule has 0 spiro atoms. The Balaban J connectivity index is 1.85. The molecule has 1 aromatic rings. The maximum absolute atomic E-state index is 11.5. The molecule has 1 aromatic heterocycles. The van der Waals surface area contributed by atoms with E-state index in [0.717, 1.165) is 30.0 Å². The Bertz CT molecular complexity index is 370. The Kier molecular flexibility index (Phi) is 2.75. The number of aromatic nitrogens is 1. The molecule has 1 aliphatic carbocycles. The van der Waals surface area contributed by atoms with E-state index in [4.69, 9.17) is 5.73 Å². The van der Waals surface area contributed by atoms with Crippen molar-refractivity contribution in [1.82, 2.24) is 10.3 Å². The first-order chi connectivity index (χ1) is 7.14. The summed E-state index contributed by atoms with van der Waals surface area (Å²) in [6, 6.07) is 0. The van der Waals surface area contributed by atoms with Gasteiger partial charge in [-0.25, -0.2) is 4.98 Å². The first-order valence-electron chi connectivity index (χ1n) is 5.14. The highest BCUT2D eigenvalue weighted by atomic mass is 32.1. The standard InChI is InChI=1S/C10H15N3OS/c1-2-8-13-7(6-15-8)5-12-9(14)10(11)3-4-10/h6H,2-5,11H2,1H3,(H,12,14). The van der Waals surface area contributed by atoms with E-state index in [1.807, 2.05) is 5.38 Å². The van der Waals surface area contributed by atoms with Crippen LogP contribution >= 0.6 is 11.3 Å². The molecule has 2 rings (SSSR count). The summed E-state index contributed by atoms with van der Waals surface area (Å²) in [5.74, 6) is -0.0476. The van der Waals surface area contributed by atoms with Crippen LogP contribution in [-0.4, -0.2) is 16.4 Å². The maximum Gasteiger partial charge on any atom is 0.240 e. The lowest BCUT2D eigenvalue weighted by Crippen LogP contribution is -2.42. The fraction of sp³-hybridized carbons (Fsp3) is 0.600. The van der Waals surface area contributed by atoms with Crippen molar-refractivity contribution in [3.05, 3.63) is 16.1 Å².